The zero-order valence-electron chi connectivity index (χ0n) is 16.7. The second kappa shape index (κ2) is 6.99. The van der Waals surface area contributed by atoms with Crippen LogP contribution in [0.1, 0.15) is 35.8 Å². The van der Waals surface area contributed by atoms with E-state index in [9.17, 15) is 14.3 Å². The fourth-order valence-corrected chi connectivity index (χ4v) is 4.52. The molecule has 0 fully saturated rings. The maximum absolute atomic E-state index is 14.4. The van der Waals surface area contributed by atoms with Crippen molar-refractivity contribution in [1.29, 1.82) is 0 Å². The Kier molecular flexibility index (Phi) is 4.37. The number of nitrogens with one attached hydrogen (secondary N) is 3. The van der Waals surface area contributed by atoms with Gasteiger partial charge in [-0.15, -0.1) is 0 Å². The summed E-state index contributed by atoms with van der Waals surface area (Å²) >= 11 is 6.34. The number of benzene rings is 2. The molecule has 8 heteroatoms. The maximum Gasteiger partial charge on any atom is 0.352 e. The lowest BCUT2D eigenvalue weighted by Crippen LogP contribution is -2.00. The molecule has 5 rings (SSSR count). The molecule has 0 spiro atoms. The van der Waals surface area contributed by atoms with E-state index in [4.69, 9.17) is 11.6 Å². The third kappa shape index (κ3) is 3.00. The quantitative estimate of drug-likeness (QED) is 0.265. The van der Waals surface area contributed by atoms with E-state index < -0.39 is 11.8 Å². The zero-order chi connectivity index (χ0) is 21.9. The molecule has 6 nitrogen and oxygen atoms in total. The molecule has 3 heterocycles. The van der Waals surface area contributed by atoms with Gasteiger partial charge < -0.3 is 15.1 Å². The van der Waals surface area contributed by atoms with Crippen LogP contribution in [0, 0.1) is 5.82 Å². The van der Waals surface area contributed by atoms with Crippen LogP contribution in [0.3, 0.4) is 0 Å². The first-order valence-electron chi connectivity index (χ1n) is 9.74. The van der Waals surface area contributed by atoms with E-state index in [2.05, 4.69) is 20.2 Å². The molecule has 0 aliphatic heterocycles. The van der Waals surface area contributed by atoms with Gasteiger partial charge in [0, 0.05) is 38.6 Å². The van der Waals surface area contributed by atoms with E-state index in [0.717, 1.165) is 16.3 Å². The van der Waals surface area contributed by atoms with Crippen LogP contribution in [0.25, 0.3) is 44.2 Å². The van der Waals surface area contributed by atoms with Gasteiger partial charge in [-0.3, -0.25) is 5.10 Å². The zero-order valence-corrected chi connectivity index (χ0v) is 17.4. The molecule has 4 N–H and O–H groups in total. The van der Waals surface area contributed by atoms with Gasteiger partial charge in [-0.05, 0) is 47.4 Å². The van der Waals surface area contributed by atoms with Crippen LogP contribution in [-0.2, 0) is 0 Å². The molecule has 0 amide bonds. The van der Waals surface area contributed by atoms with Crippen molar-refractivity contribution in [3.8, 4) is 22.4 Å². The van der Waals surface area contributed by atoms with Crippen LogP contribution < -0.4 is 0 Å². The van der Waals surface area contributed by atoms with Gasteiger partial charge in [0.2, 0.25) is 0 Å². The van der Waals surface area contributed by atoms with Gasteiger partial charge in [0.1, 0.15) is 11.5 Å². The number of aromatic amines is 3. The molecule has 0 saturated carbocycles. The first-order chi connectivity index (χ1) is 14.8. The van der Waals surface area contributed by atoms with Gasteiger partial charge in [-0.2, -0.15) is 5.10 Å². The van der Waals surface area contributed by atoms with E-state index in [1.807, 2.05) is 19.9 Å². The van der Waals surface area contributed by atoms with Gasteiger partial charge in [0.25, 0.3) is 0 Å². The summed E-state index contributed by atoms with van der Waals surface area (Å²) in [5.74, 6) is -1.58. The van der Waals surface area contributed by atoms with E-state index in [0.29, 0.717) is 38.4 Å². The molecule has 0 radical (unpaired) electrons. The van der Waals surface area contributed by atoms with Gasteiger partial charge in [0.15, 0.2) is 0 Å². The van der Waals surface area contributed by atoms with E-state index in [1.165, 1.54) is 12.1 Å². The first-order valence-corrected chi connectivity index (χ1v) is 10.1. The van der Waals surface area contributed by atoms with Gasteiger partial charge >= 0.3 is 5.97 Å². The number of carboxylic acid groups (broad SMARTS) is 1. The third-order valence-corrected chi connectivity index (χ3v) is 5.74. The third-order valence-electron chi connectivity index (χ3n) is 5.53. The maximum atomic E-state index is 14.4. The van der Waals surface area contributed by atoms with Crippen molar-refractivity contribution in [2.45, 2.75) is 19.8 Å². The Morgan fingerprint density at radius 1 is 1.13 bits per heavy atom. The summed E-state index contributed by atoms with van der Waals surface area (Å²) in [5.41, 5.74) is 4.49. The Labute approximate surface area is 181 Å². The second-order valence-electron chi connectivity index (χ2n) is 7.80. The van der Waals surface area contributed by atoms with Crippen molar-refractivity contribution in [2.24, 2.45) is 0 Å². The number of halogens is 2. The summed E-state index contributed by atoms with van der Waals surface area (Å²) in [6.07, 6.45) is 3.38. The molecule has 0 unspecified atom stereocenters. The Balaban J connectivity index is 1.92. The number of aromatic nitrogens is 4. The molecular weight excluding hydrogens is 419 g/mol. The molecular formula is C23H18ClFN4O2. The predicted octanol–water partition coefficient (Wildman–Crippen LogP) is 6.32. The van der Waals surface area contributed by atoms with Gasteiger partial charge in [0.05, 0.1) is 17.4 Å². The average molecular weight is 437 g/mol. The number of rotatable bonds is 4. The molecule has 0 bridgehead atoms. The normalized spacial score (nSPS) is 11.8. The van der Waals surface area contributed by atoms with Crippen molar-refractivity contribution in [1.82, 2.24) is 20.2 Å². The summed E-state index contributed by atoms with van der Waals surface area (Å²) in [7, 11) is 0. The molecule has 0 saturated heterocycles. The monoisotopic (exact) mass is 436 g/mol. The molecule has 156 valence electrons. The van der Waals surface area contributed by atoms with Gasteiger partial charge in [-0.25, -0.2) is 9.18 Å². The highest BCUT2D eigenvalue weighted by molar-refractivity contribution is 6.32. The molecule has 31 heavy (non-hydrogen) atoms. The highest BCUT2D eigenvalue weighted by Gasteiger charge is 2.28. The Morgan fingerprint density at radius 3 is 2.68 bits per heavy atom. The first kappa shape index (κ1) is 19.4. The largest absolute Gasteiger partial charge is 0.477 e. The topological polar surface area (TPSA) is 97.6 Å². The lowest BCUT2D eigenvalue weighted by Gasteiger charge is -2.14. The van der Waals surface area contributed by atoms with Crippen LogP contribution >= 0.6 is 11.6 Å². The number of hydrogen-bond donors (Lipinski definition) is 4. The number of carbonyl (C=O) groups is 1. The van der Waals surface area contributed by atoms with Gasteiger partial charge in [-0.1, -0.05) is 25.4 Å². The molecule has 0 aliphatic rings. The average Bonchev–Trinajstić information content (AvgIpc) is 3.43. The number of carboxylic acids is 1. The number of aromatic carboxylic acids is 1. The van der Waals surface area contributed by atoms with E-state index in [1.54, 1.807) is 24.5 Å². The minimum Gasteiger partial charge on any atom is -0.477 e. The Morgan fingerprint density at radius 2 is 1.94 bits per heavy atom. The SMILES string of the molecule is CC(C)c1c(-c2cc(F)cc3[nH]ccc23)[nH]c(C(=O)O)c1-c1cc(Cl)cc2[nH]ncc12. The summed E-state index contributed by atoms with van der Waals surface area (Å²) in [6.45, 7) is 3.96. The fraction of sp³-hybridized carbons (Fsp3) is 0.130. The van der Waals surface area contributed by atoms with Crippen molar-refractivity contribution >= 4 is 39.4 Å². The van der Waals surface area contributed by atoms with E-state index in [-0.39, 0.29) is 11.6 Å². The smallest absolute Gasteiger partial charge is 0.352 e. The minimum atomic E-state index is -1.11. The number of hydrogen-bond acceptors (Lipinski definition) is 2. The fourth-order valence-electron chi connectivity index (χ4n) is 4.31. The molecule has 3 aromatic heterocycles. The Bertz CT molecular complexity index is 1480. The van der Waals surface area contributed by atoms with Crippen molar-refractivity contribution < 1.29 is 14.3 Å². The molecule has 0 aliphatic carbocycles. The Hall–Kier alpha value is -3.58. The number of H-pyrrole nitrogens is 3. The summed E-state index contributed by atoms with van der Waals surface area (Å²) < 4.78 is 14.4. The number of fused-ring (bicyclic) bond motifs is 2. The van der Waals surface area contributed by atoms with Crippen LogP contribution in [0.5, 0.6) is 0 Å². The minimum absolute atomic E-state index is 0.0245. The number of nitrogens with zero attached hydrogens (tertiary/aromatic N) is 1. The standard InChI is InChI=1S/C23H18ClFN4O2/c1-10(2)19-20(14-5-11(24)6-18-16(14)9-27-29-18)22(23(30)31)28-21(19)15-7-12(25)8-17-13(15)3-4-26-17/h3-10,26,28H,1-2H3,(H,27,29)(H,30,31). The van der Waals surface area contributed by atoms with Crippen LogP contribution in [0.2, 0.25) is 5.02 Å². The van der Waals surface area contributed by atoms with Crippen LogP contribution in [0.4, 0.5) is 4.39 Å². The lowest BCUT2D eigenvalue weighted by molar-refractivity contribution is 0.0692. The van der Waals surface area contributed by atoms with E-state index >= 15 is 0 Å². The van der Waals surface area contributed by atoms with Crippen molar-refractivity contribution in [2.75, 3.05) is 0 Å². The van der Waals surface area contributed by atoms with Crippen molar-refractivity contribution in [3.63, 3.8) is 0 Å². The second-order valence-corrected chi connectivity index (χ2v) is 8.24. The molecule has 2 aromatic carbocycles. The summed E-state index contributed by atoms with van der Waals surface area (Å²) in [6, 6.07) is 8.17. The van der Waals surface area contributed by atoms with Crippen molar-refractivity contribution in [3.05, 3.63) is 64.8 Å². The summed E-state index contributed by atoms with van der Waals surface area (Å²) in [4.78, 5) is 18.4. The molecule has 5 aromatic rings. The lowest BCUT2D eigenvalue weighted by atomic mass is 9.89. The highest BCUT2D eigenvalue weighted by Crippen LogP contribution is 2.44. The highest BCUT2D eigenvalue weighted by atomic mass is 35.5. The van der Waals surface area contributed by atoms with Crippen LogP contribution in [0.15, 0.2) is 42.7 Å². The van der Waals surface area contributed by atoms with Crippen LogP contribution in [-0.4, -0.2) is 31.2 Å². The molecule has 0 atom stereocenters. The predicted molar refractivity (Wildman–Crippen MR) is 119 cm³/mol. The summed E-state index contributed by atoms with van der Waals surface area (Å²) in [5, 5.41) is 19.0.